The van der Waals surface area contributed by atoms with Gasteiger partial charge in [0, 0.05) is 6.04 Å². The van der Waals surface area contributed by atoms with E-state index in [1.807, 2.05) is 0 Å². The fraction of sp³-hybridized carbons (Fsp3) is 0.571. The van der Waals surface area contributed by atoms with Crippen molar-refractivity contribution in [2.75, 3.05) is 6.54 Å². The summed E-state index contributed by atoms with van der Waals surface area (Å²) in [7, 11) is 0. The second-order valence-electron chi connectivity index (χ2n) is 8.10. The maximum atomic E-state index is 13.4. The Morgan fingerprint density at radius 3 is 2.37 bits per heavy atom. The normalized spacial score (nSPS) is 23.7. The second-order valence-corrected chi connectivity index (χ2v) is 8.10. The number of alkyl halides is 3. The molecule has 1 saturated heterocycles. The molecule has 164 valence electrons. The standard InChI is InChI=1S/C21H26F3N3O3/c1-20(15-11-7-8-12-16(15)21(22,23)24)18(29)27(19(30)26-20)13-17(28)25-14-9-5-3-2-4-6-10-14/h7-8,11-12,14H,2-6,9-10,13H2,1H3,(H,25,28)(H,26,30)/t20-/m1/s1. The third kappa shape index (κ3) is 4.60. The molecule has 0 spiro atoms. The first-order valence-corrected chi connectivity index (χ1v) is 10.2. The van der Waals surface area contributed by atoms with Crippen LogP contribution in [0.4, 0.5) is 18.0 Å². The van der Waals surface area contributed by atoms with Gasteiger partial charge in [0.1, 0.15) is 12.1 Å². The Balaban J connectivity index is 1.74. The molecule has 0 bridgehead atoms. The molecule has 2 fully saturated rings. The quantitative estimate of drug-likeness (QED) is 0.722. The van der Waals surface area contributed by atoms with Crippen LogP contribution in [0.2, 0.25) is 0 Å². The summed E-state index contributed by atoms with van der Waals surface area (Å²) in [5.74, 6) is -1.37. The zero-order valence-electron chi connectivity index (χ0n) is 16.8. The van der Waals surface area contributed by atoms with Gasteiger partial charge in [-0.15, -0.1) is 0 Å². The molecule has 4 amide bonds. The fourth-order valence-electron chi connectivity index (χ4n) is 4.21. The smallest absolute Gasteiger partial charge is 0.352 e. The summed E-state index contributed by atoms with van der Waals surface area (Å²) in [6.45, 7) is 0.704. The van der Waals surface area contributed by atoms with E-state index in [4.69, 9.17) is 0 Å². The van der Waals surface area contributed by atoms with Crippen LogP contribution in [-0.2, 0) is 21.3 Å². The van der Waals surface area contributed by atoms with Crippen LogP contribution in [0.3, 0.4) is 0 Å². The highest BCUT2D eigenvalue weighted by Crippen LogP contribution is 2.39. The summed E-state index contributed by atoms with van der Waals surface area (Å²) in [6, 6.07) is 3.72. The van der Waals surface area contributed by atoms with Crippen molar-refractivity contribution in [1.82, 2.24) is 15.5 Å². The Morgan fingerprint density at radius 2 is 1.73 bits per heavy atom. The molecule has 9 heteroatoms. The fourth-order valence-corrected chi connectivity index (χ4v) is 4.21. The molecule has 1 saturated carbocycles. The maximum absolute atomic E-state index is 13.4. The van der Waals surface area contributed by atoms with Gasteiger partial charge in [0.25, 0.3) is 5.91 Å². The number of halogens is 3. The highest BCUT2D eigenvalue weighted by atomic mass is 19.4. The van der Waals surface area contributed by atoms with Crippen LogP contribution in [0, 0.1) is 0 Å². The van der Waals surface area contributed by atoms with E-state index in [1.165, 1.54) is 31.5 Å². The Kier molecular flexibility index (Phi) is 6.38. The van der Waals surface area contributed by atoms with E-state index in [0.29, 0.717) is 4.90 Å². The van der Waals surface area contributed by atoms with Gasteiger partial charge in [-0.3, -0.25) is 14.5 Å². The van der Waals surface area contributed by atoms with Gasteiger partial charge < -0.3 is 10.6 Å². The SMILES string of the molecule is C[C@]1(c2ccccc2C(F)(F)F)NC(=O)N(CC(=O)NC2CCCCCCC2)C1=O. The predicted octanol–water partition coefficient (Wildman–Crippen LogP) is 3.70. The zero-order valence-corrected chi connectivity index (χ0v) is 16.8. The number of benzene rings is 1. The average Bonchev–Trinajstić information content (AvgIpc) is 2.87. The van der Waals surface area contributed by atoms with E-state index in [0.717, 1.165) is 44.6 Å². The van der Waals surface area contributed by atoms with E-state index in [9.17, 15) is 27.6 Å². The van der Waals surface area contributed by atoms with E-state index in [-0.39, 0.29) is 11.6 Å². The highest BCUT2D eigenvalue weighted by molar-refractivity contribution is 6.09. The van der Waals surface area contributed by atoms with E-state index >= 15 is 0 Å². The van der Waals surface area contributed by atoms with Crippen molar-refractivity contribution in [1.29, 1.82) is 0 Å². The Hall–Kier alpha value is -2.58. The molecular weight excluding hydrogens is 399 g/mol. The van der Waals surface area contributed by atoms with Gasteiger partial charge >= 0.3 is 12.2 Å². The second kappa shape index (κ2) is 8.65. The average molecular weight is 425 g/mol. The van der Waals surface area contributed by atoms with E-state index < -0.39 is 41.7 Å². The summed E-state index contributed by atoms with van der Waals surface area (Å²) in [5.41, 5.74) is -3.25. The molecule has 0 unspecified atom stereocenters. The lowest BCUT2D eigenvalue weighted by atomic mass is 9.87. The number of carbonyl (C=O) groups is 3. The van der Waals surface area contributed by atoms with Gasteiger partial charge in [-0.05, 0) is 31.4 Å². The lowest BCUT2D eigenvalue weighted by Crippen LogP contribution is -2.46. The Bertz CT molecular complexity index is 819. The summed E-state index contributed by atoms with van der Waals surface area (Å²) >= 11 is 0. The number of hydrogen-bond donors (Lipinski definition) is 2. The largest absolute Gasteiger partial charge is 0.416 e. The number of carbonyl (C=O) groups excluding carboxylic acids is 3. The molecule has 1 atom stereocenters. The first-order valence-electron chi connectivity index (χ1n) is 10.2. The number of rotatable bonds is 4. The lowest BCUT2D eigenvalue weighted by molar-refractivity contribution is -0.140. The molecule has 1 aliphatic heterocycles. The molecular formula is C21H26F3N3O3. The highest BCUT2D eigenvalue weighted by Gasteiger charge is 2.52. The van der Waals surface area contributed by atoms with Crippen molar-refractivity contribution >= 4 is 17.8 Å². The predicted molar refractivity (Wildman–Crippen MR) is 103 cm³/mol. The lowest BCUT2D eigenvalue weighted by Gasteiger charge is -2.26. The van der Waals surface area contributed by atoms with Crippen molar-refractivity contribution in [3.8, 4) is 0 Å². The van der Waals surface area contributed by atoms with Crippen molar-refractivity contribution in [3.05, 3.63) is 35.4 Å². The molecule has 2 N–H and O–H groups in total. The third-order valence-electron chi connectivity index (χ3n) is 5.82. The van der Waals surface area contributed by atoms with Crippen molar-refractivity contribution in [2.45, 2.75) is 69.6 Å². The van der Waals surface area contributed by atoms with E-state index in [1.54, 1.807) is 0 Å². The minimum Gasteiger partial charge on any atom is -0.352 e. The van der Waals surface area contributed by atoms with Crippen LogP contribution >= 0.6 is 0 Å². The summed E-state index contributed by atoms with van der Waals surface area (Å²) in [4.78, 5) is 38.5. The first kappa shape index (κ1) is 22.1. The minimum atomic E-state index is -4.69. The van der Waals surface area contributed by atoms with Gasteiger partial charge in [-0.25, -0.2) is 4.79 Å². The van der Waals surface area contributed by atoms with E-state index in [2.05, 4.69) is 10.6 Å². The van der Waals surface area contributed by atoms with Gasteiger partial charge in [0.15, 0.2) is 0 Å². The Labute approximate surface area is 173 Å². The number of nitrogens with zero attached hydrogens (tertiary/aromatic N) is 1. The topological polar surface area (TPSA) is 78.5 Å². The third-order valence-corrected chi connectivity index (χ3v) is 5.82. The zero-order chi connectivity index (χ0) is 21.9. The molecule has 2 aliphatic rings. The molecule has 30 heavy (non-hydrogen) atoms. The van der Waals surface area contributed by atoms with Crippen LogP contribution < -0.4 is 10.6 Å². The van der Waals surface area contributed by atoms with Gasteiger partial charge in [0.05, 0.1) is 5.56 Å². The van der Waals surface area contributed by atoms with Crippen LogP contribution in [0.1, 0.15) is 63.0 Å². The molecule has 0 radical (unpaired) electrons. The molecule has 0 aromatic heterocycles. The molecule has 1 aromatic rings. The molecule has 3 rings (SSSR count). The summed E-state index contributed by atoms with van der Waals surface area (Å²) in [5, 5.41) is 5.21. The number of urea groups is 1. The summed E-state index contributed by atoms with van der Waals surface area (Å²) in [6.07, 6.45) is 2.38. The number of nitrogens with one attached hydrogen (secondary N) is 2. The van der Waals surface area contributed by atoms with Crippen LogP contribution in [-0.4, -0.2) is 35.3 Å². The monoisotopic (exact) mass is 425 g/mol. The minimum absolute atomic E-state index is 0.0177. The van der Waals surface area contributed by atoms with Crippen LogP contribution in [0.5, 0.6) is 0 Å². The molecule has 6 nitrogen and oxygen atoms in total. The van der Waals surface area contributed by atoms with Gasteiger partial charge in [0.2, 0.25) is 5.91 Å². The number of hydrogen-bond acceptors (Lipinski definition) is 3. The van der Waals surface area contributed by atoms with Crippen LogP contribution in [0.15, 0.2) is 24.3 Å². The van der Waals surface area contributed by atoms with Crippen molar-refractivity contribution < 1.29 is 27.6 Å². The molecule has 1 aliphatic carbocycles. The Morgan fingerprint density at radius 1 is 1.13 bits per heavy atom. The number of amides is 4. The van der Waals surface area contributed by atoms with Crippen molar-refractivity contribution in [3.63, 3.8) is 0 Å². The number of imide groups is 1. The van der Waals surface area contributed by atoms with Gasteiger partial charge in [-0.1, -0.05) is 50.3 Å². The maximum Gasteiger partial charge on any atom is 0.416 e. The summed E-state index contributed by atoms with van der Waals surface area (Å²) < 4.78 is 40.3. The van der Waals surface area contributed by atoms with Crippen molar-refractivity contribution in [2.24, 2.45) is 0 Å². The first-order chi connectivity index (χ1) is 14.1. The molecule has 1 aromatic carbocycles. The molecule has 1 heterocycles. The van der Waals surface area contributed by atoms with Crippen LogP contribution in [0.25, 0.3) is 0 Å². The van der Waals surface area contributed by atoms with Gasteiger partial charge in [-0.2, -0.15) is 13.2 Å².